The van der Waals surface area contributed by atoms with Gasteiger partial charge in [-0.1, -0.05) is 23.3 Å². The van der Waals surface area contributed by atoms with Crippen molar-refractivity contribution in [3.8, 4) is 0 Å². The molecule has 1 aliphatic rings. The molecule has 0 spiro atoms. The van der Waals surface area contributed by atoms with Crippen LogP contribution in [0, 0.1) is 0 Å². The molecule has 0 radical (unpaired) electrons. The van der Waals surface area contributed by atoms with Crippen LogP contribution in [-0.2, 0) is 0 Å². The minimum absolute atomic E-state index is 0.402. The van der Waals surface area contributed by atoms with E-state index in [9.17, 15) is 0 Å². The van der Waals surface area contributed by atoms with Gasteiger partial charge in [-0.3, -0.25) is 9.40 Å². The SMILES string of the molecule is C=S(=C)(C)N1C(C)CN(c2cc(Cl)cc3[nH]ncc23)CC1C. The highest BCUT2D eigenvalue weighted by Gasteiger charge is 2.31. The molecule has 1 aromatic carbocycles. The molecule has 2 aromatic rings. The van der Waals surface area contributed by atoms with Gasteiger partial charge in [0.1, 0.15) is 0 Å². The maximum absolute atomic E-state index is 6.27. The van der Waals surface area contributed by atoms with Gasteiger partial charge in [0.25, 0.3) is 0 Å². The highest BCUT2D eigenvalue weighted by molar-refractivity contribution is 8.25. The Hall–Kier alpha value is -1.17. The van der Waals surface area contributed by atoms with Crippen LogP contribution in [0.3, 0.4) is 0 Å². The van der Waals surface area contributed by atoms with Crippen LogP contribution in [0.4, 0.5) is 5.69 Å². The third-order valence-corrected chi connectivity index (χ3v) is 6.15. The Morgan fingerprint density at radius 1 is 1.27 bits per heavy atom. The van der Waals surface area contributed by atoms with E-state index in [1.807, 2.05) is 18.3 Å². The quantitative estimate of drug-likeness (QED) is 0.853. The van der Waals surface area contributed by atoms with Crippen molar-refractivity contribution in [2.75, 3.05) is 24.2 Å². The molecule has 0 saturated carbocycles. The number of nitrogens with one attached hydrogen (secondary N) is 1. The summed E-state index contributed by atoms with van der Waals surface area (Å²) in [7, 11) is -1.21. The van der Waals surface area contributed by atoms with E-state index in [-0.39, 0.29) is 0 Å². The predicted octanol–water partition coefficient (Wildman–Crippen LogP) is 3.33. The fourth-order valence-corrected chi connectivity index (χ4v) is 5.72. The summed E-state index contributed by atoms with van der Waals surface area (Å²) in [6.07, 6.45) is 4.03. The van der Waals surface area contributed by atoms with Crippen LogP contribution in [0.2, 0.25) is 5.02 Å². The molecule has 120 valence electrons. The van der Waals surface area contributed by atoms with Crippen LogP contribution in [0.15, 0.2) is 18.3 Å². The number of aromatic amines is 1. The highest BCUT2D eigenvalue weighted by atomic mass is 35.5. The summed E-state index contributed by atoms with van der Waals surface area (Å²) in [6, 6.07) is 4.76. The number of anilines is 1. The summed E-state index contributed by atoms with van der Waals surface area (Å²) < 4.78 is 2.47. The van der Waals surface area contributed by atoms with Gasteiger partial charge in [-0.2, -0.15) is 14.5 Å². The van der Waals surface area contributed by atoms with Crippen molar-refractivity contribution in [1.29, 1.82) is 0 Å². The number of aromatic nitrogens is 2. The van der Waals surface area contributed by atoms with E-state index >= 15 is 0 Å². The van der Waals surface area contributed by atoms with Crippen molar-refractivity contribution in [3.05, 3.63) is 23.4 Å². The van der Waals surface area contributed by atoms with Crippen LogP contribution in [0.25, 0.3) is 10.9 Å². The van der Waals surface area contributed by atoms with Crippen LogP contribution >= 0.6 is 21.0 Å². The number of benzene rings is 1. The first-order valence-electron chi connectivity index (χ1n) is 7.38. The molecule has 0 aliphatic carbocycles. The van der Waals surface area contributed by atoms with E-state index < -0.39 is 9.39 Å². The van der Waals surface area contributed by atoms with Crippen molar-refractivity contribution < 1.29 is 0 Å². The molecule has 1 saturated heterocycles. The summed E-state index contributed by atoms with van der Waals surface area (Å²) in [5.41, 5.74) is 2.13. The number of piperazine rings is 1. The molecule has 0 bridgehead atoms. The molecular formula is C16H23ClN4S. The summed E-state index contributed by atoms with van der Waals surface area (Å²) in [4.78, 5) is 2.40. The molecule has 4 nitrogen and oxygen atoms in total. The Morgan fingerprint density at radius 2 is 1.91 bits per heavy atom. The first-order chi connectivity index (χ1) is 10.3. The highest BCUT2D eigenvalue weighted by Crippen LogP contribution is 2.36. The molecule has 2 atom stereocenters. The van der Waals surface area contributed by atoms with Crippen molar-refractivity contribution in [2.45, 2.75) is 25.9 Å². The van der Waals surface area contributed by atoms with Gasteiger partial charge in [-0.25, -0.2) is 0 Å². The Labute approximate surface area is 137 Å². The van der Waals surface area contributed by atoms with E-state index in [4.69, 9.17) is 11.6 Å². The molecule has 1 aliphatic heterocycles. The number of hydrogen-bond donors (Lipinski definition) is 1. The zero-order chi connectivity index (χ0) is 16.1. The second kappa shape index (κ2) is 5.48. The smallest absolute Gasteiger partial charge is 0.0686 e. The second-order valence-electron chi connectivity index (χ2n) is 6.44. The molecule has 1 N–H and O–H groups in total. The predicted molar refractivity (Wildman–Crippen MR) is 102 cm³/mol. The third-order valence-electron chi connectivity index (χ3n) is 4.19. The van der Waals surface area contributed by atoms with Crippen molar-refractivity contribution in [3.63, 3.8) is 0 Å². The number of H-pyrrole nitrogens is 1. The van der Waals surface area contributed by atoms with Gasteiger partial charge in [-0.15, -0.1) is 0 Å². The standard InChI is InChI=1S/C16H23ClN4S/c1-11-9-20(10-12(2)21(11)22(3,4)5)16-7-13(17)6-15-14(16)8-18-19-15/h6-8,11-12H,3-4,9-10H2,1-2,5H3,(H,18,19). The van der Waals surface area contributed by atoms with Gasteiger partial charge in [0, 0.05) is 41.3 Å². The molecule has 6 heteroatoms. The second-order valence-corrected chi connectivity index (χ2v) is 9.74. The molecule has 1 aromatic heterocycles. The molecule has 2 unspecified atom stereocenters. The lowest BCUT2D eigenvalue weighted by atomic mass is 10.1. The van der Waals surface area contributed by atoms with Crippen LogP contribution in [-0.4, -0.2) is 57.7 Å². The van der Waals surface area contributed by atoms with E-state index in [0.717, 1.165) is 34.7 Å². The lowest BCUT2D eigenvalue weighted by molar-refractivity contribution is 0.263. The first kappa shape index (κ1) is 15.7. The molecular weight excluding hydrogens is 316 g/mol. The maximum atomic E-state index is 6.27. The van der Waals surface area contributed by atoms with Gasteiger partial charge < -0.3 is 4.90 Å². The van der Waals surface area contributed by atoms with Crippen LogP contribution in [0.1, 0.15) is 13.8 Å². The number of rotatable bonds is 2. The summed E-state index contributed by atoms with van der Waals surface area (Å²) in [5, 5.41) is 9.02. The Balaban J connectivity index is 1.98. The number of hydrogen-bond acceptors (Lipinski definition) is 3. The van der Waals surface area contributed by atoms with Crippen molar-refractivity contribution in [2.24, 2.45) is 0 Å². The summed E-state index contributed by atoms with van der Waals surface area (Å²) in [6.45, 7) is 6.39. The largest absolute Gasteiger partial charge is 0.368 e. The Morgan fingerprint density at radius 3 is 2.50 bits per heavy atom. The van der Waals surface area contributed by atoms with E-state index in [1.54, 1.807) is 0 Å². The lowest BCUT2D eigenvalue weighted by Crippen LogP contribution is -2.55. The number of nitrogens with zero attached hydrogens (tertiary/aromatic N) is 3. The van der Waals surface area contributed by atoms with Crippen LogP contribution in [0.5, 0.6) is 0 Å². The fraction of sp³-hybridized carbons (Fsp3) is 0.438. The van der Waals surface area contributed by atoms with Crippen molar-refractivity contribution in [1.82, 2.24) is 14.5 Å². The minimum atomic E-state index is -1.21. The Kier molecular flexibility index (Phi) is 3.91. The van der Waals surface area contributed by atoms with Crippen LogP contribution < -0.4 is 4.90 Å². The van der Waals surface area contributed by atoms with Gasteiger partial charge in [0.05, 0.1) is 11.7 Å². The molecule has 3 rings (SSSR count). The topological polar surface area (TPSA) is 35.2 Å². The zero-order valence-electron chi connectivity index (χ0n) is 13.3. The Bertz CT molecular complexity index is 784. The average molecular weight is 339 g/mol. The minimum Gasteiger partial charge on any atom is -0.368 e. The zero-order valence-corrected chi connectivity index (χ0v) is 14.9. The number of halogens is 1. The van der Waals surface area contributed by atoms with E-state index in [0.29, 0.717) is 12.1 Å². The molecule has 2 heterocycles. The lowest BCUT2D eigenvalue weighted by Gasteiger charge is -2.47. The van der Waals surface area contributed by atoms with Gasteiger partial charge in [-0.05, 0) is 32.2 Å². The fourth-order valence-electron chi connectivity index (χ4n) is 3.63. The van der Waals surface area contributed by atoms with Gasteiger partial charge >= 0.3 is 0 Å². The van der Waals surface area contributed by atoms with E-state index in [1.165, 1.54) is 0 Å². The number of fused-ring (bicyclic) bond motifs is 1. The summed E-state index contributed by atoms with van der Waals surface area (Å²) >= 11 is 6.27. The third kappa shape index (κ3) is 2.73. The monoisotopic (exact) mass is 338 g/mol. The first-order valence-corrected chi connectivity index (χ1v) is 10.1. The van der Waals surface area contributed by atoms with Gasteiger partial charge in [0.15, 0.2) is 0 Å². The van der Waals surface area contributed by atoms with Gasteiger partial charge in [0.2, 0.25) is 0 Å². The average Bonchev–Trinajstić information content (AvgIpc) is 2.82. The molecule has 1 fully saturated rings. The summed E-state index contributed by atoms with van der Waals surface area (Å²) in [5.74, 6) is 8.58. The molecule has 0 amide bonds. The van der Waals surface area contributed by atoms with E-state index in [2.05, 4.69) is 51.2 Å². The molecule has 22 heavy (non-hydrogen) atoms. The van der Waals surface area contributed by atoms with Crippen molar-refractivity contribution >= 4 is 49.3 Å². The maximum Gasteiger partial charge on any atom is 0.0686 e. The normalized spacial score (nSPS) is 24.1.